The van der Waals surface area contributed by atoms with E-state index in [4.69, 9.17) is 14.6 Å². The Hall–Kier alpha value is -3.22. The average Bonchev–Trinajstić information content (AvgIpc) is 3.35. The summed E-state index contributed by atoms with van der Waals surface area (Å²) in [6, 6.07) is 22.5. The molecule has 6 nitrogen and oxygen atoms in total. The van der Waals surface area contributed by atoms with Crippen molar-refractivity contribution in [2.75, 3.05) is 33.9 Å². The number of hydrogen-bond donors (Lipinski definition) is 0. The summed E-state index contributed by atoms with van der Waals surface area (Å²) in [7, 11) is 3.42. The van der Waals surface area contributed by atoms with Gasteiger partial charge in [0.2, 0.25) is 0 Å². The van der Waals surface area contributed by atoms with Crippen molar-refractivity contribution in [3.63, 3.8) is 0 Å². The molecule has 2 aliphatic heterocycles. The number of amides is 1. The van der Waals surface area contributed by atoms with Crippen LogP contribution < -0.4 is 4.74 Å². The second-order valence-corrected chi connectivity index (χ2v) is 9.05. The number of hydrazone groups is 1. The summed E-state index contributed by atoms with van der Waals surface area (Å²) in [5.41, 5.74) is 3.07. The summed E-state index contributed by atoms with van der Waals surface area (Å²) < 4.78 is 10.8. The van der Waals surface area contributed by atoms with Gasteiger partial charge in [-0.05, 0) is 52.9 Å². The number of nitrogens with zero attached hydrogens (tertiary/aromatic N) is 3. The van der Waals surface area contributed by atoms with E-state index < -0.39 is 0 Å². The summed E-state index contributed by atoms with van der Waals surface area (Å²) in [4.78, 5) is 15.7. The number of fused-ring (bicyclic) bond motifs is 1. The smallest absolute Gasteiger partial charge is 0.257 e. The van der Waals surface area contributed by atoms with Crippen molar-refractivity contribution in [3.8, 4) is 5.75 Å². The van der Waals surface area contributed by atoms with Gasteiger partial charge >= 0.3 is 0 Å². The van der Waals surface area contributed by atoms with Gasteiger partial charge < -0.3 is 9.47 Å². The largest absolute Gasteiger partial charge is 0.497 e. The maximum Gasteiger partial charge on any atom is 0.257 e. The third kappa shape index (κ3) is 4.69. The molecule has 0 radical (unpaired) electrons. The number of rotatable bonds is 6. The molecule has 1 saturated heterocycles. The molecule has 3 aromatic carbocycles. The van der Waals surface area contributed by atoms with Crippen molar-refractivity contribution in [3.05, 3.63) is 77.9 Å². The molecule has 2 aliphatic rings. The van der Waals surface area contributed by atoms with Crippen molar-refractivity contribution in [1.82, 2.24) is 9.91 Å². The fraction of sp³-hybridized carbons (Fsp3) is 0.357. The van der Waals surface area contributed by atoms with Gasteiger partial charge in [0.1, 0.15) is 5.75 Å². The molecule has 34 heavy (non-hydrogen) atoms. The summed E-state index contributed by atoms with van der Waals surface area (Å²) in [5, 5.41) is 8.96. The van der Waals surface area contributed by atoms with Gasteiger partial charge in [0.05, 0.1) is 31.5 Å². The molecule has 0 aliphatic carbocycles. The van der Waals surface area contributed by atoms with Gasteiger partial charge in [-0.15, -0.1) is 0 Å². The first-order chi connectivity index (χ1) is 16.6. The van der Waals surface area contributed by atoms with E-state index in [1.54, 1.807) is 19.2 Å². The van der Waals surface area contributed by atoms with Gasteiger partial charge in [0.25, 0.3) is 5.91 Å². The molecule has 1 fully saturated rings. The SMILES string of the molecule is COc1ccc([C@@H]2CC(c3ccc4ccccc4c3)=NN2C(=O)CN2CCC(OC)CC2)cc1. The molecule has 1 amide bonds. The molecule has 6 heteroatoms. The molecule has 1 atom stereocenters. The lowest BCUT2D eigenvalue weighted by atomic mass is 9.97. The van der Waals surface area contributed by atoms with Crippen LogP contribution in [0.1, 0.15) is 36.4 Å². The zero-order chi connectivity index (χ0) is 23.5. The van der Waals surface area contributed by atoms with Gasteiger partial charge in [-0.1, -0.05) is 48.5 Å². The third-order valence-corrected chi connectivity index (χ3v) is 6.98. The minimum atomic E-state index is -0.128. The van der Waals surface area contributed by atoms with Crippen LogP contribution in [0.15, 0.2) is 71.8 Å². The van der Waals surface area contributed by atoms with E-state index in [0.29, 0.717) is 19.1 Å². The first-order valence-corrected chi connectivity index (χ1v) is 11.9. The van der Waals surface area contributed by atoms with Crippen LogP contribution in [-0.2, 0) is 9.53 Å². The van der Waals surface area contributed by atoms with Gasteiger partial charge in [-0.2, -0.15) is 5.10 Å². The van der Waals surface area contributed by atoms with Gasteiger partial charge in [-0.3, -0.25) is 9.69 Å². The highest BCUT2D eigenvalue weighted by Gasteiger charge is 2.34. The molecule has 5 rings (SSSR count). The van der Waals surface area contributed by atoms with Crippen LogP contribution in [0, 0.1) is 0 Å². The first-order valence-electron chi connectivity index (χ1n) is 11.9. The maximum atomic E-state index is 13.5. The van der Waals surface area contributed by atoms with Crippen molar-refractivity contribution >= 4 is 22.4 Å². The molecule has 3 aromatic rings. The van der Waals surface area contributed by atoms with Crippen LogP contribution in [-0.4, -0.2) is 61.5 Å². The number of hydrogen-bond acceptors (Lipinski definition) is 5. The van der Waals surface area contributed by atoms with Crippen molar-refractivity contribution in [2.45, 2.75) is 31.4 Å². The minimum absolute atomic E-state index is 0.0347. The van der Waals surface area contributed by atoms with Crippen LogP contribution in [0.5, 0.6) is 5.75 Å². The molecule has 176 valence electrons. The number of methoxy groups -OCH3 is 2. The zero-order valence-electron chi connectivity index (χ0n) is 19.8. The topological polar surface area (TPSA) is 54.4 Å². The predicted molar refractivity (Wildman–Crippen MR) is 134 cm³/mol. The Labute approximate surface area is 200 Å². The van der Waals surface area contributed by atoms with E-state index in [0.717, 1.165) is 48.5 Å². The fourth-order valence-electron chi connectivity index (χ4n) is 4.94. The number of benzene rings is 3. The lowest BCUT2D eigenvalue weighted by Crippen LogP contribution is -2.43. The number of carbonyl (C=O) groups excluding carboxylic acids is 1. The molecule has 2 heterocycles. The molecule has 0 unspecified atom stereocenters. The van der Waals surface area contributed by atoms with Crippen LogP contribution in [0.25, 0.3) is 10.8 Å². The minimum Gasteiger partial charge on any atom is -0.497 e. The lowest BCUT2D eigenvalue weighted by molar-refractivity contribution is -0.134. The lowest BCUT2D eigenvalue weighted by Gasteiger charge is -2.32. The van der Waals surface area contributed by atoms with Crippen LogP contribution in [0.4, 0.5) is 0 Å². The highest BCUT2D eigenvalue weighted by molar-refractivity contribution is 6.05. The van der Waals surface area contributed by atoms with E-state index in [-0.39, 0.29) is 11.9 Å². The quantitative estimate of drug-likeness (QED) is 0.541. The standard InChI is InChI=1S/C28H31N3O3/c1-33-24-11-9-21(10-12-24)27-18-26(23-8-7-20-5-3-4-6-22(20)17-23)29-31(27)28(32)19-30-15-13-25(34-2)14-16-30/h3-12,17,25,27H,13-16,18-19H2,1-2H3/t27-/m0/s1. The molecular formula is C28H31N3O3. The summed E-state index contributed by atoms with van der Waals surface area (Å²) in [6.07, 6.45) is 2.89. The van der Waals surface area contributed by atoms with E-state index >= 15 is 0 Å². The van der Waals surface area contributed by atoms with Crippen LogP contribution >= 0.6 is 0 Å². The molecule has 0 saturated carbocycles. The highest BCUT2D eigenvalue weighted by Crippen LogP contribution is 2.34. The fourth-order valence-corrected chi connectivity index (χ4v) is 4.94. The summed E-state index contributed by atoms with van der Waals surface area (Å²) >= 11 is 0. The monoisotopic (exact) mass is 457 g/mol. The van der Waals surface area contributed by atoms with Crippen LogP contribution in [0.2, 0.25) is 0 Å². The summed E-state index contributed by atoms with van der Waals surface area (Å²) in [6.45, 7) is 2.11. The maximum absolute atomic E-state index is 13.5. The average molecular weight is 458 g/mol. The van der Waals surface area contributed by atoms with Crippen molar-refractivity contribution in [1.29, 1.82) is 0 Å². The summed E-state index contributed by atoms with van der Waals surface area (Å²) in [5.74, 6) is 0.837. The predicted octanol–water partition coefficient (Wildman–Crippen LogP) is 4.64. The second-order valence-electron chi connectivity index (χ2n) is 9.05. The number of carbonyl (C=O) groups is 1. The Bertz CT molecular complexity index is 1180. The molecule has 0 bridgehead atoms. The van der Waals surface area contributed by atoms with E-state index in [2.05, 4.69) is 35.2 Å². The van der Waals surface area contributed by atoms with E-state index in [1.807, 2.05) is 36.4 Å². The molecule has 0 spiro atoms. The third-order valence-electron chi connectivity index (χ3n) is 6.98. The van der Waals surface area contributed by atoms with Crippen molar-refractivity contribution in [2.24, 2.45) is 5.10 Å². The van der Waals surface area contributed by atoms with E-state index in [9.17, 15) is 4.79 Å². The molecule has 0 N–H and O–H groups in total. The first kappa shape index (κ1) is 22.6. The molecular weight excluding hydrogens is 426 g/mol. The van der Waals surface area contributed by atoms with Crippen molar-refractivity contribution < 1.29 is 14.3 Å². The molecule has 0 aromatic heterocycles. The zero-order valence-corrected chi connectivity index (χ0v) is 19.8. The van der Waals surface area contributed by atoms with Gasteiger partial charge in [0.15, 0.2) is 0 Å². The Kier molecular flexibility index (Phi) is 6.61. The van der Waals surface area contributed by atoms with E-state index in [1.165, 1.54) is 10.8 Å². The van der Waals surface area contributed by atoms with Gasteiger partial charge in [0, 0.05) is 26.6 Å². The van der Waals surface area contributed by atoms with Crippen LogP contribution in [0.3, 0.4) is 0 Å². The van der Waals surface area contributed by atoms with Gasteiger partial charge in [-0.25, -0.2) is 5.01 Å². The Balaban J connectivity index is 1.41. The second kappa shape index (κ2) is 9.95. The Morgan fingerprint density at radius 3 is 2.41 bits per heavy atom. The Morgan fingerprint density at radius 1 is 0.971 bits per heavy atom. The Morgan fingerprint density at radius 2 is 1.71 bits per heavy atom. The number of ether oxygens (including phenoxy) is 2. The number of likely N-dealkylation sites (tertiary alicyclic amines) is 1. The number of piperidine rings is 1. The highest BCUT2D eigenvalue weighted by atomic mass is 16.5. The normalized spacial score (nSPS) is 19.4.